The Morgan fingerprint density at radius 2 is 2.44 bits per heavy atom. The average molecular weight is 165 g/mol. The van der Waals surface area contributed by atoms with E-state index < -0.39 is 6.49 Å². The zero-order valence-electron chi connectivity index (χ0n) is 5.60. The van der Waals surface area contributed by atoms with Gasteiger partial charge in [-0.1, -0.05) is 12.5 Å². The van der Waals surface area contributed by atoms with Crippen LogP contribution < -0.4 is 0 Å². The lowest BCUT2D eigenvalue weighted by Gasteiger charge is -2.00. The standard InChI is InChI=1S/C6H10ClOP/c1-5-3-9(7,8)4-6(5)2/h3,6H,4H2,1-2H3. The molecule has 2 atom stereocenters. The number of hydrogen-bond acceptors (Lipinski definition) is 1. The molecule has 1 nitrogen and oxygen atoms in total. The highest BCUT2D eigenvalue weighted by molar-refractivity contribution is 7.91. The Labute approximate surface area is 60.3 Å². The highest BCUT2D eigenvalue weighted by Crippen LogP contribution is 2.60. The first-order chi connectivity index (χ1) is 4.01. The molecular weight excluding hydrogens is 154 g/mol. The van der Waals surface area contributed by atoms with Crippen molar-refractivity contribution in [1.29, 1.82) is 0 Å². The fourth-order valence-electron chi connectivity index (χ4n) is 1.00. The molecule has 1 heterocycles. The van der Waals surface area contributed by atoms with Gasteiger partial charge in [0.15, 0.2) is 6.49 Å². The van der Waals surface area contributed by atoms with E-state index in [1.165, 1.54) is 5.57 Å². The molecule has 9 heavy (non-hydrogen) atoms. The summed E-state index contributed by atoms with van der Waals surface area (Å²) in [5, 5.41) is 0. The van der Waals surface area contributed by atoms with Crippen molar-refractivity contribution in [1.82, 2.24) is 0 Å². The van der Waals surface area contributed by atoms with Gasteiger partial charge in [0.2, 0.25) is 0 Å². The first-order valence-electron chi connectivity index (χ1n) is 2.99. The summed E-state index contributed by atoms with van der Waals surface area (Å²) >= 11 is 5.64. The van der Waals surface area contributed by atoms with E-state index in [2.05, 4.69) is 0 Å². The second-order valence-corrected chi connectivity index (χ2v) is 6.41. The summed E-state index contributed by atoms with van der Waals surface area (Å²) in [4.78, 5) is 0. The molecule has 52 valence electrons. The van der Waals surface area contributed by atoms with E-state index in [-0.39, 0.29) is 0 Å². The van der Waals surface area contributed by atoms with Gasteiger partial charge in [0.05, 0.1) is 0 Å². The van der Waals surface area contributed by atoms with Crippen LogP contribution in [0.2, 0.25) is 0 Å². The summed E-state index contributed by atoms with van der Waals surface area (Å²) < 4.78 is 11.1. The molecule has 0 spiro atoms. The van der Waals surface area contributed by atoms with E-state index in [0.29, 0.717) is 12.1 Å². The van der Waals surface area contributed by atoms with E-state index in [1.807, 2.05) is 13.8 Å². The molecule has 0 aromatic carbocycles. The third kappa shape index (κ3) is 1.59. The molecular formula is C6H10ClOP. The topological polar surface area (TPSA) is 17.1 Å². The van der Waals surface area contributed by atoms with Crippen LogP contribution in [-0.4, -0.2) is 6.16 Å². The van der Waals surface area contributed by atoms with Crippen LogP contribution in [0.4, 0.5) is 0 Å². The van der Waals surface area contributed by atoms with Crippen molar-refractivity contribution in [2.24, 2.45) is 5.92 Å². The van der Waals surface area contributed by atoms with Crippen LogP contribution in [0.25, 0.3) is 0 Å². The minimum absolute atomic E-state index is 0.424. The SMILES string of the molecule is CC1=CP(=O)(Cl)CC1C. The molecule has 0 saturated carbocycles. The van der Waals surface area contributed by atoms with Gasteiger partial charge < -0.3 is 4.57 Å². The van der Waals surface area contributed by atoms with Crippen molar-refractivity contribution in [3.63, 3.8) is 0 Å². The maximum Gasteiger partial charge on any atom is 0.191 e. The predicted molar refractivity (Wildman–Crippen MR) is 41.2 cm³/mol. The summed E-state index contributed by atoms with van der Waals surface area (Å²) in [5.74, 6) is 2.15. The van der Waals surface area contributed by atoms with Crippen molar-refractivity contribution in [3.05, 3.63) is 11.4 Å². The second-order valence-electron chi connectivity index (χ2n) is 2.66. The van der Waals surface area contributed by atoms with Crippen LogP contribution in [0, 0.1) is 5.92 Å². The summed E-state index contributed by atoms with van der Waals surface area (Å²) in [6, 6.07) is 0. The maximum absolute atomic E-state index is 11.1. The van der Waals surface area contributed by atoms with Crippen molar-refractivity contribution in [2.75, 3.05) is 6.16 Å². The molecule has 0 N–H and O–H groups in total. The summed E-state index contributed by atoms with van der Waals surface area (Å²) in [7, 11) is 0. The number of hydrogen-bond donors (Lipinski definition) is 0. The third-order valence-corrected chi connectivity index (χ3v) is 4.24. The zero-order chi connectivity index (χ0) is 7.07. The van der Waals surface area contributed by atoms with Gasteiger partial charge in [0.1, 0.15) is 0 Å². The maximum atomic E-state index is 11.1. The Morgan fingerprint density at radius 1 is 1.89 bits per heavy atom. The van der Waals surface area contributed by atoms with Crippen LogP contribution in [0.5, 0.6) is 0 Å². The number of rotatable bonds is 0. The molecule has 0 bridgehead atoms. The first kappa shape index (κ1) is 7.37. The van der Waals surface area contributed by atoms with Crippen LogP contribution in [-0.2, 0) is 4.57 Å². The summed E-state index contributed by atoms with van der Waals surface area (Å²) in [5.41, 5.74) is 1.17. The fraction of sp³-hybridized carbons (Fsp3) is 0.667. The summed E-state index contributed by atoms with van der Waals surface area (Å²) in [6.07, 6.45) is 0.653. The minimum atomic E-state index is -2.35. The van der Waals surface area contributed by atoms with Gasteiger partial charge in [-0.3, -0.25) is 0 Å². The molecule has 3 heteroatoms. The van der Waals surface area contributed by atoms with Gasteiger partial charge in [-0.05, 0) is 29.9 Å². The van der Waals surface area contributed by atoms with E-state index in [9.17, 15) is 4.57 Å². The van der Waals surface area contributed by atoms with E-state index in [1.54, 1.807) is 5.82 Å². The molecule has 0 saturated heterocycles. The molecule has 1 aliphatic heterocycles. The largest absolute Gasteiger partial charge is 0.302 e. The Morgan fingerprint density at radius 3 is 2.56 bits per heavy atom. The quantitative estimate of drug-likeness (QED) is 0.503. The fourth-order valence-corrected chi connectivity index (χ4v) is 4.09. The molecule has 0 aromatic heterocycles. The van der Waals surface area contributed by atoms with E-state index in [0.717, 1.165) is 0 Å². The highest BCUT2D eigenvalue weighted by atomic mass is 35.7. The van der Waals surface area contributed by atoms with Crippen molar-refractivity contribution < 1.29 is 4.57 Å². The smallest absolute Gasteiger partial charge is 0.191 e. The molecule has 0 aromatic rings. The van der Waals surface area contributed by atoms with Gasteiger partial charge in [-0.2, -0.15) is 0 Å². The Bertz CT molecular complexity index is 197. The van der Waals surface area contributed by atoms with E-state index in [4.69, 9.17) is 11.2 Å². The summed E-state index contributed by atoms with van der Waals surface area (Å²) in [6.45, 7) is 1.68. The van der Waals surface area contributed by atoms with Crippen molar-refractivity contribution >= 4 is 17.7 Å². The van der Waals surface area contributed by atoms with Crippen LogP contribution >= 0.6 is 17.7 Å². The van der Waals surface area contributed by atoms with Crippen molar-refractivity contribution in [3.8, 4) is 0 Å². The molecule has 0 amide bonds. The van der Waals surface area contributed by atoms with Gasteiger partial charge in [-0.15, -0.1) is 0 Å². The number of allylic oxidation sites excluding steroid dienone is 1. The monoisotopic (exact) mass is 164 g/mol. The lowest BCUT2D eigenvalue weighted by molar-refractivity contribution is 0.587. The van der Waals surface area contributed by atoms with Crippen LogP contribution in [0.1, 0.15) is 13.8 Å². The number of halogens is 1. The molecule has 1 rings (SSSR count). The first-order valence-corrected chi connectivity index (χ1v) is 5.86. The molecule has 0 aliphatic carbocycles. The molecule has 1 aliphatic rings. The second kappa shape index (κ2) is 2.14. The minimum Gasteiger partial charge on any atom is -0.302 e. The molecule has 0 fully saturated rings. The van der Waals surface area contributed by atoms with Crippen LogP contribution in [0.3, 0.4) is 0 Å². The Balaban J connectivity index is 2.87. The van der Waals surface area contributed by atoms with Crippen LogP contribution in [0.15, 0.2) is 11.4 Å². The van der Waals surface area contributed by atoms with Gasteiger partial charge in [-0.25, -0.2) is 0 Å². The Hall–Kier alpha value is 0.260. The van der Waals surface area contributed by atoms with Gasteiger partial charge in [0, 0.05) is 6.16 Å². The van der Waals surface area contributed by atoms with Gasteiger partial charge in [0.25, 0.3) is 0 Å². The lowest BCUT2D eigenvalue weighted by atomic mass is 10.1. The zero-order valence-corrected chi connectivity index (χ0v) is 7.25. The average Bonchev–Trinajstić information content (AvgIpc) is 1.79. The normalized spacial score (nSPS) is 43.0. The van der Waals surface area contributed by atoms with Gasteiger partial charge >= 0.3 is 0 Å². The molecule has 2 unspecified atom stereocenters. The van der Waals surface area contributed by atoms with Crippen molar-refractivity contribution in [2.45, 2.75) is 13.8 Å². The lowest BCUT2D eigenvalue weighted by Crippen LogP contribution is -1.92. The highest BCUT2D eigenvalue weighted by Gasteiger charge is 2.27. The predicted octanol–water partition coefficient (Wildman–Crippen LogP) is 3.06. The third-order valence-electron chi connectivity index (χ3n) is 1.70. The Kier molecular flexibility index (Phi) is 1.75. The van der Waals surface area contributed by atoms with E-state index >= 15 is 0 Å². The molecule has 0 radical (unpaired) electrons.